The number of hydrogen-bond acceptors (Lipinski definition) is 5. The molecule has 2 rings (SSSR count). The molecule has 1 heterocycles. The molecule has 1 aromatic heterocycles. The van der Waals surface area contributed by atoms with Gasteiger partial charge in [0.05, 0.1) is 25.0 Å². The van der Waals surface area contributed by atoms with Crippen molar-refractivity contribution in [3.05, 3.63) is 22.8 Å². The van der Waals surface area contributed by atoms with Gasteiger partial charge in [0.25, 0.3) is 0 Å². The second kappa shape index (κ2) is 6.31. The first-order chi connectivity index (χ1) is 10.4. The number of hydrogen-bond donors (Lipinski definition) is 1. The number of carboxylic acids is 1. The summed E-state index contributed by atoms with van der Waals surface area (Å²) in [5, 5.41) is 9.11. The number of carbonyl (C=O) groups is 2. The van der Waals surface area contributed by atoms with Crippen molar-refractivity contribution < 1.29 is 28.6 Å². The molecule has 0 radical (unpaired) electrons. The third-order valence-corrected chi connectivity index (χ3v) is 4.42. The Morgan fingerprint density at radius 1 is 1.32 bits per heavy atom. The summed E-state index contributed by atoms with van der Waals surface area (Å²) in [5.41, 5.74) is 0. The van der Waals surface area contributed by atoms with Crippen LogP contribution in [-0.2, 0) is 4.79 Å². The lowest BCUT2D eigenvalue weighted by Gasteiger charge is -2.08. The summed E-state index contributed by atoms with van der Waals surface area (Å²) in [6.07, 6.45) is -0.127. The molecule has 1 N–H and O–H groups in total. The maximum Gasteiger partial charge on any atom is 0.306 e. The highest BCUT2D eigenvalue weighted by atomic mass is 32.1. The molecule has 0 saturated heterocycles. The van der Waals surface area contributed by atoms with E-state index < -0.39 is 17.7 Å². The molecule has 0 aliphatic carbocycles. The van der Waals surface area contributed by atoms with Gasteiger partial charge >= 0.3 is 5.97 Å². The first-order valence-electron chi connectivity index (χ1n) is 6.49. The molecule has 7 heteroatoms. The van der Waals surface area contributed by atoms with Gasteiger partial charge in [0, 0.05) is 22.6 Å². The van der Waals surface area contributed by atoms with Crippen LogP contribution in [0.25, 0.3) is 10.1 Å². The summed E-state index contributed by atoms with van der Waals surface area (Å²) in [4.78, 5) is 23.2. The zero-order chi connectivity index (χ0) is 16.4. The van der Waals surface area contributed by atoms with Crippen molar-refractivity contribution in [2.75, 3.05) is 14.2 Å². The van der Waals surface area contributed by atoms with Crippen LogP contribution >= 0.6 is 11.3 Å². The van der Waals surface area contributed by atoms with Gasteiger partial charge in [0.2, 0.25) is 0 Å². The quantitative estimate of drug-likeness (QED) is 0.824. The van der Waals surface area contributed by atoms with Crippen molar-refractivity contribution in [3.8, 4) is 11.5 Å². The fourth-order valence-electron chi connectivity index (χ4n) is 2.04. The van der Waals surface area contributed by atoms with E-state index in [1.807, 2.05) is 0 Å². The molecule has 1 atom stereocenters. The molecular weight excluding hydrogens is 311 g/mol. The number of thiophene rings is 1. The molecule has 0 aliphatic heterocycles. The average Bonchev–Trinajstić information content (AvgIpc) is 2.91. The molecule has 0 saturated carbocycles. The number of carboxylic acid groups (broad SMARTS) is 1. The second-order valence-corrected chi connectivity index (χ2v) is 5.90. The van der Waals surface area contributed by atoms with Crippen molar-refractivity contribution in [1.29, 1.82) is 0 Å². The Hall–Kier alpha value is -2.15. The minimum absolute atomic E-state index is 0.0225. The van der Waals surface area contributed by atoms with Crippen molar-refractivity contribution >= 4 is 33.2 Å². The van der Waals surface area contributed by atoms with Crippen LogP contribution in [0, 0.1) is 11.7 Å². The van der Waals surface area contributed by atoms with Crippen LogP contribution in [0.1, 0.15) is 23.0 Å². The summed E-state index contributed by atoms with van der Waals surface area (Å²) in [5.74, 6) is -2.53. The maximum atomic E-state index is 14.4. The van der Waals surface area contributed by atoms with E-state index in [4.69, 9.17) is 14.6 Å². The number of fused-ring (bicyclic) bond motifs is 1. The third-order valence-electron chi connectivity index (χ3n) is 3.29. The van der Waals surface area contributed by atoms with Gasteiger partial charge in [-0.05, 0) is 6.07 Å². The minimum atomic E-state index is -1.04. The Bertz CT molecular complexity index is 737. The summed E-state index contributed by atoms with van der Waals surface area (Å²) < 4.78 is 25.0. The number of rotatable bonds is 6. The topological polar surface area (TPSA) is 72.8 Å². The normalized spacial score (nSPS) is 12.2. The number of ether oxygens (including phenoxy) is 2. The van der Waals surface area contributed by atoms with Crippen LogP contribution in [0.5, 0.6) is 11.5 Å². The van der Waals surface area contributed by atoms with E-state index in [2.05, 4.69) is 0 Å². The SMILES string of the molecule is COc1cc2sc(C(=O)C[C@H](C)C(=O)O)cc2c(F)c1OC. The van der Waals surface area contributed by atoms with Crippen LogP contribution in [0.3, 0.4) is 0 Å². The summed E-state index contributed by atoms with van der Waals surface area (Å²) >= 11 is 1.10. The van der Waals surface area contributed by atoms with Gasteiger partial charge in [-0.3, -0.25) is 9.59 Å². The molecule has 0 spiro atoms. The van der Waals surface area contributed by atoms with Crippen molar-refractivity contribution in [1.82, 2.24) is 0 Å². The number of ketones is 1. The summed E-state index contributed by atoms with van der Waals surface area (Å²) in [6.45, 7) is 1.46. The van der Waals surface area contributed by atoms with E-state index in [0.717, 1.165) is 11.3 Å². The molecular formula is C15H15FO5S. The zero-order valence-electron chi connectivity index (χ0n) is 12.3. The van der Waals surface area contributed by atoms with E-state index in [1.54, 1.807) is 6.07 Å². The lowest BCUT2D eigenvalue weighted by atomic mass is 10.0. The molecule has 2 aromatic rings. The van der Waals surface area contributed by atoms with Gasteiger partial charge in [-0.1, -0.05) is 6.92 Å². The van der Waals surface area contributed by atoms with Crippen LogP contribution in [0.15, 0.2) is 12.1 Å². The number of methoxy groups -OCH3 is 2. The van der Waals surface area contributed by atoms with Crippen LogP contribution in [-0.4, -0.2) is 31.1 Å². The number of benzene rings is 1. The molecule has 5 nitrogen and oxygen atoms in total. The molecule has 118 valence electrons. The highest BCUT2D eigenvalue weighted by Crippen LogP contribution is 2.40. The number of halogens is 1. The smallest absolute Gasteiger partial charge is 0.306 e. The fraction of sp³-hybridized carbons (Fsp3) is 0.333. The maximum absolute atomic E-state index is 14.4. The van der Waals surface area contributed by atoms with E-state index in [9.17, 15) is 14.0 Å². The highest BCUT2D eigenvalue weighted by molar-refractivity contribution is 7.20. The molecule has 0 unspecified atom stereocenters. The van der Waals surface area contributed by atoms with E-state index in [1.165, 1.54) is 27.2 Å². The Kier molecular flexibility index (Phi) is 4.65. The van der Waals surface area contributed by atoms with E-state index >= 15 is 0 Å². The van der Waals surface area contributed by atoms with E-state index in [-0.39, 0.29) is 29.1 Å². The van der Waals surface area contributed by atoms with Crippen LogP contribution in [0.4, 0.5) is 4.39 Å². The fourth-order valence-corrected chi connectivity index (χ4v) is 3.08. The van der Waals surface area contributed by atoms with Gasteiger partial charge in [-0.15, -0.1) is 11.3 Å². The largest absolute Gasteiger partial charge is 0.493 e. The standard InChI is InChI=1S/C15H15FO5S/c1-7(15(18)19)4-9(17)12-5-8-11(22-12)6-10(20-2)14(21-3)13(8)16/h5-7H,4H2,1-3H3,(H,18,19)/t7-/m0/s1. The van der Waals surface area contributed by atoms with Crippen LogP contribution < -0.4 is 9.47 Å². The van der Waals surface area contributed by atoms with Crippen molar-refractivity contribution in [2.45, 2.75) is 13.3 Å². The number of Topliss-reactive ketones (excluding diaryl/α,β-unsaturated/α-hetero) is 1. The van der Waals surface area contributed by atoms with Crippen LogP contribution in [0.2, 0.25) is 0 Å². The first kappa shape index (κ1) is 16.2. The number of aliphatic carboxylic acids is 1. The Labute approximate surface area is 130 Å². The van der Waals surface area contributed by atoms with Gasteiger partial charge in [0.15, 0.2) is 23.1 Å². The average molecular weight is 326 g/mol. The molecule has 1 aromatic carbocycles. The molecule has 0 aliphatic rings. The lowest BCUT2D eigenvalue weighted by molar-refractivity contribution is -0.141. The summed E-state index contributed by atoms with van der Waals surface area (Å²) in [6, 6.07) is 3.02. The van der Waals surface area contributed by atoms with Gasteiger partial charge in [-0.2, -0.15) is 0 Å². The lowest BCUT2D eigenvalue weighted by Crippen LogP contribution is -2.13. The van der Waals surface area contributed by atoms with E-state index in [0.29, 0.717) is 9.58 Å². The molecule has 0 amide bonds. The van der Waals surface area contributed by atoms with Gasteiger partial charge < -0.3 is 14.6 Å². The third kappa shape index (κ3) is 2.89. The Morgan fingerprint density at radius 3 is 2.55 bits per heavy atom. The Balaban J connectivity index is 2.44. The van der Waals surface area contributed by atoms with Crippen molar-refractivity contribution in [2.24, 2.45) is 5.92 Å². The first-order valence-corrected chi connectivity index (χ1v) is 7.30. The molecule has 0 bridgehead atoms. The second-order valence-electron chi connectivity index (χ2n) is 4.82. The highest BCUT2D eigenvalue weighted by Gasteiger charge is 2.22. The Morgan fingerprint density at radius 2 is 2.00 bits per heavy atom. The predicted octanol–water partition coefficient (Wildman–Crippen LogP) is 3.35. The summed E-state index contributed by atoms with van der Waals surface area (Å²) in [7, 11) is 2.73. The monoisotopic (exact) mass is 326 g/mol. The molecule has 22 heavy (non-hydrogen) atoms. The predicted molar refractivity (Wildman–Crippen MR) is 80.6 cm³/mol. The number of carbonyl (C=O) groups excluding carboxylic acids is 1. The zero-order valence-corrected chi connectivity index (χ0v) is 13.1. The van der Waals surface area contributed by atoms with Gasteiger partial charge in [0.1, 0.15) is 0 Å². The van der Waals surface area contributed by atoms with Gasteiger partial charge in [-0.25, -0.2) is 4.39 Å². The minimum Gasteiger partial charge on any atom is -0.493 e. The molecule has 0 fully saturated rings. The van der Waals surface area contributed by atoms with Crippen molar-refractivity contribution in [3.63, 3.8) is 0 Å².